The molecule has 1 amide bonds. The van der Waals surface area contributed by atoms with Gasteiger partial charge in [0.05, 0.1) is 13.3 Å². The lowest BCUT2D eigenvalue weighted by atomic mass is 10.2. The van der Waals surface area contributed by atoms with Crippen LogP contribution in [0.5, 0.6) is 11.5 Å². The van der Waals surface area contributed by atoms with Crippen LogP contribution >= 0.6 is 34.2 Å². The average Bonchev–Trinajstić information content (AvgIpc) is 2.73. The number of methoxy groups -OCH3 is 1. The number of nitrogens with zero attached hydrogens (tertiary/aromatic N) is 1. The van der Waals surface area contributed by atoms with Crippen LogP contribution in [0.1, 0.15) is 21.5 Å². The molecule has 0 bridgehead atoms. The maximum Gasteiger partial charge on any atom is 0.271 e. The lowest BCUT2D eigenvalue weighted by Crippen LogP contribution is -2.17. The minimum absolute atomic E-state index is 0.272. The molecule has 0 unspecified atom stereocenters. The molecule has 148 valence electrons. The minimum atomic E-state index is -0.272. The van der Waals surface area contributed by atoms with Crippen molar-refractivity contribution in [2.45, 2.75) is 6.61 Å². The van der Waals surface area contributed by atoms with Crippen LogP contribution in [0.2, 0.25) is 5.02 Å². The molecule has 0 fully saturated rings. The van der Waals surface area contributed by atoms with Crippen molar-refractivity contribution in [1.82, 2.24) is 5.43 Å². The largest absolute Gasteiger partial charge is 0.493 e. The molecule has 0 spiro atoms. The first kappa shape index (κ1) is 21.1. The van der Waals surface area contributed by atoms with Crippen molar-refractivity contribution in [2.24, 2.45) is 5.10 Å². The van der Waals surface area contributed by atoms with Gasteiger partial charge in [-0.1, -0.05) is 23.7 Å². The molecule has 29 heavy (non-hydrogen) atoms. The van der Waals surface area contributed by atoms with Gasteiger partial charge in [0.15, 0.2) is 11.5 Å². The fourth-order valence-electron chi connectivity index (χ4n) is 2.50. The van der Waals surface area contributed by atoms with Gasteiger partial charge < -0.3 is 9.47 Å². The topological polar surface area (TPSA) is 59.9 Å². The number of hydrazone groups is 1. The van der Waals surface area contributed by atoms with E-state index in [1.807, 2.05) is 42.5 Å². The summed E-state index contributed by atoms with van der Waals surface area (Å²) in [7, 11) is 1.57. The zero-order valence-electron chi connectivity index (χ0n) is 15.6. The molecule has 0 saturated carbocycles. The van der Waals surface area contributed by atoms with E-state index in [-0.39, 0.29) is 5.91 Å². The SMILES string of the molecule is COc1cc(/C=N\NC(=O)c2ccc(I)cc2)ccc1OCc1cccc(Cl)c1. The van der Waals surface area contributed by atoms with Gasteiger partial charge >= 0.3 is 0 Å². The second-order valence-corrected chi connectivity index (χ2v) is 7.72. The average molecular weight is 521 g/mol. The number of benzene rings is 3. The Labute approximate surface area is 187 Å². The first-order valence-electron chi connectivity index (χ1n) is 8.69. The van der Waals surface area contributed by atoms with Crippen LogP contribution in [0, 0.1) is 3.57 Å². The highest BCUT2D eigenvalue weighted by atomic mass is 127. The summed E-state index contributed by atoms with van der Waals surface area (Å²) in [5.74, 6) is 0.901. The van der Waals surface area contributed by atoms with Crippen molar-refractivity contribution in [3.63, 3.8) is 0 Å². The fraction of sp³-hybridized carbons (Fsp3) is 0.0909. The third kappa shape index (κ3) is 6.20. The minimum Gasteiger partial charge on any atom is -0.493 e. The van der Waals surface area contributed by atoms with E-state index in [9.17, 15) is 4.79 Å². The fourth-order valence-corrected chi connectivity index (χ4v) is 3.08. The number of ether oxygens (including phenoxy) is 2. The zero-order chi connectivity index (χ0) is 20.6. The summed E-state index contributed by atoms with van der Waals surface area (Å²) in [5, 5.41) is 4.68. The second-order valence-electron chi connectivity index (χ2n) is 6.03. The Morgan fingerprint density at radius 2 is 1.90 bits per heavy atom. The van der Waals surface area contributed by atoms with E-state index in [2.05, 4.69) is 33.1 Å². The monoisotopic (exact) mass is 520 g/mol. The molecule has 0 radical (unpaired) electrons. The number of carbonyl (C=O) groups excluding carboxylic acids is 1. The summed E-state index contributed by atoms with van der Waals surface area (Å²) in [6.07, 6.45) is 1.55. The van der Waals surface area contributed by atoms with Crippen LogP contribution in [-0.2, 0) is 6.61 Å². The van der Waals surface area contributed by atoms with Crippen molar-refractivity contribution in [2.75, 3.05) is 7.11 Å². The third-order valence-corrected chi connectivity index (χ3v) is 4.91. The molecule has 0 heterocycles. The lowest BCUT2D eigenvalue weighted by Gasteiger charge is -2.11. The lowest BCUT2D eigenvalue weighted by molar-refractivity contribution is 0.0955. The van der Waals surface area contributed by atoms with Gasteiger partial charge in [0.25, 0.3) is 5.91 Å². The van der Waals surface area contributed by atoms with Gasteiger partial charge in [-0.05, 0) is 88.3 Å². The predicted octanol–water partition coefficient (Wildman–Crippen LogP) is 5.30. The highest BCUT2D eigenvalue weighted by Gasteiger charge is 2.07. The van der Waals surface area contributed by atoms with E-state index >= 15 is 0 Å². The van der Waals surface area contributed by atoms with Gasteiger partial charge in [-0.15, -0.1) is 0 Å². The number of hydrogen-bond donors (Lipinski definition) is 1. The number of rotatable bonds is 7. The van der Waals surface area contributed by atoms with Gasteiger partial charge in [0.1, 0.15) is 6.61 Å². The van der Waals surface area contributed by atoms with Gasteiger partial charge in [-0.2, -0.15) is 5.10 Å². The molecule has 3 rings (SSSR count). The summed E-state index contributed by atoms with van der Waals surface area (Å²) in [6.45, 7) is 0.371. The molecule has 3 aromatic rings. The van der Waals surface area contributed by atoms with E-state index in [0.29, 0.717) is 28.7 Å². The number of amides is 1. The highest BCUT2D eigenvalue weighted by molar-refractivity contribution is 14.1. The molecular formula is C22H18ClIN2O3. The number of hydrogen-bond acceptors (Lipinski definition) is 4. The quantitative estimate of drug-likeness (QED) is 0.261. The summed E-state index contributed by atoms with van der Waals surface area (Å²) in [6, 6.07) is 20.1. The van der Waals surface area contributed by atoms with Crippen LogP contribution in [0.3, 0.4) is 0 Å². The molecule has 5 nitrogen and oxygen atoms in total. The van der Waals surface area contributed by atoms with E-state index in [1.165, 1.54) is 0 Å². The molecular weight excluding hydrogens is 503 g/mol. The Morgan fingerprint density at radius 1 is 1.10 bits per heavy atom. The normalized spacial score (nSPS) is 10.7. The number of carbonyl (C=O) groups is 1. The van der Waals surface area contributed by atoms with E-state index in [0.717, 1.165) is 14.7 Å². The zero-order valence-corrected chi connectivity index (χ0v) is 18.5. The molecule has 0 atom stereocenters. The van der Waals surface area contributed by atoms with E-state index < -0.39 is 0 Å². The summed E-state index contributed by atoms with van der Waals surface area (Å²) >= 11 is 8.18. The highest BCUT2D eigenvalue weighted by Crippen LogP contribution is 2.28. The molecule has 0 aromatic heterocycles. The first-order valence-corrected chi connectivity index (χ1v) is 10.1. The van der Waals surface area contributed by atoms with E-state index in [4.69, 9.17) is 21.1 Å². The summed E-state index contributed by atoms with van der Waals surface area (Å²) in [5.41, 5.74) is 4.79. The second kappa shape index (κ2) is 10.3. The maximum atomic E-state index is 12.1. The van der Waals surface area contributed by atoms with Crippen molar-refractivity contribution >= 4 is 46.3 Å². The van der Waals surface area contributed by atoms with Crippen LogP contribution in [0.4, 0.5) is 0 Å². The Morgan fingerprint density at radius 3 is 2.62 bits per heavy atom. The van der Waals surface area contributed by atoms with Crippen molar-refractivity contribution in [1.29, 1.82) is 0 Å². The van der Waals surface area contributed by atoms with Gasteiger partial charge in [-0.3, -0.25) is 4.79 Å². The number of halogens is 2. The molecule has 0 aliphatic rings. The smallest absolute Gasteiger partial charge is 0.271 e. The van der Waals surface area contributed by atoms with Crippen molar-refractivity contribution in [3.05, 3.63) is 92.0 Å². The molecule has 0 aliphatic heterocycles. The summed E-state index contributed by atoms with van der Waals surface area (Å²) < 4.78 is 12.3. The Balaban J connectivity index is 1.62. The molecule has 0 saturated heterocycles. The van der Waals surface area contributed by atoms with Crippen LogP contribution in [-0.4, -0.2) is 19.2 Å². The molecule has 0 aliphatic carbocycles. The predicted molar refractivity (Wildman–Crippen MR) is 123 cm³/mol. The maximum absolute atomic E-state index is 12.1. The standard InChI is InChI=1S/C22H18ClIN2O3/c1-28-21-12-15(13-25-26-22(27)17-6-8-19(24)9-7-17)5-10-20(21)29-14-16-3-2-4-18(23)11-16/h2-13H,14H2,1H3,(H,26,27)/b25-13-. The van der Waals surface area contributed by atoms with Gasteiger partial charge in [-0.25, -0.2) is 5.43 Å². The Kier molecular flexibility index (Phi) is 7.48. The van der Waals surface area contributed by atoms with Gasteiger partial charge in [0.2, 0.25) is 0 Å². The van der Waals surface area contributed by atoms with Crippen LogP contribution in [0.15, 0.2) is 71.8 Å². The van der Waals surface area contributed by atoms with E-state index in [1.54, 1.807) is 37.6 Å². The van der Waals surface area contributed by atoms with Crippen LogP contribution in [0.25, 0.3) is 0 Å². The summed E-state index contributed by atoms with van der Waals surface area (Å²) in [4.78, 5) is 12.1. The molecule has 3 aromatic carbocycles. The van der Waals surface area contributed by atoms with Crippen molar-refractivity contribution in [3.8, 4) is 11.5 Å². The van der Waals surface area contributed by atoms with Gasteiger partial charge in [0, 0.05) is 14.2 Å². The molecule has 7 heteroatoms. The molecule has 1 N–H and O–H groups in total. The first-order chi connectivity index (χ1) is 14.0. The Hall–Kier alpha value is -2.58. The number of nitrogens with one attached hydrogen (secondary N) is 1. The van der Waals surface area contributed by atoms with Crippen molar-refractivity contribution < 1.29 is 14.3 Å². The Bertz CT molecular complexity index is 1020. The van der Waals surface area contributed by atoms with Crippen LogP contribution < -0.4 is 14.9 Å². The third-order valence-electron chi connectivity index (χ3n) is 3.96.